The van der Waals surface area contributed by atoms with Crippen LogP contribution in [0.2, 0.25) is 0 Å². The van der Waals surface area contributed by atoms with Crippen molar-refractivity contribution >= 4 is 5.91 Å². The van der Waals surface area contributed by atoms with Crippen LogP contribution in [0.4, 0.5) is 0 Å². The highest BCUT2D eigenvalue weighted by Gasteiger charge is 2.18. The highest BCUT2D eigenvalue weighted by molar-refractivity contribution is 5.94. The van der Waals surface area contributed by atoms with E-state index in [0.29, 0.717) is 0 Å². The Hall–Kier alpha value is -1.35. The average Bonchev–Trinajstić information content (AvgIpc) is 2.81. The fraction of sp³-hybridized carbons (Fsp3) is 0.533. The van der Waals surface area contributed by atoms with Crippen molar-refractivity contribution in [2.24, 2.45) is 0 Å². The Morgan fingerprint density at radius 3 is 2.44 bits per heavy atom. The predicted molar refractivity (Wildman–Crippen MR) is 73.9 cm³/mol. The molecule has 1 saturated heterocycles. The molecule has 1 aromatic rings. The summed E-state index contributed by atoms with van der Waals surface area (Å²) < 4.78 is 0. The maximum absolute atomic E-state index is 12.0. The molecule has 1 atom stereocenters. The van der Waals surface area contributed by atoms with E-state index < -0.39 is 0 Å². The number of carbonyl (C=O) groups excluding carboxylic acids is 1. The lowest BCUT2D eigenvalue weighted by molar-refractivity contribution is 0.0940. The van der Waals surface area contributed by atoms with E-state index in [4.69, 9.17) is 0 Å². The summed E-state index contributed by atoms with van der Waals surface area (Å²) in [4.78, 5) is 12.0. The fourth-order valence-corrected chi connectivity index (χ4v) is 2.17. The molecule has 98 valence electrons. The SMILES string of the molecule is CC(C)(C)c1ccc(C(=O)N[C@@H]2CCNC2)cc1. The van der Waals surface area contributed by atoms with Crippen molar-refractivity contribution in [1.82, 2.24) is 10.6 Å². The summed E-state index contributed by atoms with van der Waals surface area (Å²) in [5.74, 6) is 0.0316. The highest BCUT2D eigenvalue weighted by Crippen LogP contribution is 2.22. The first-order valence-corrected chi connectivity index (χ1v) is 6.59. The molecular formula is C15H22N2O. The Balaban J connectivity index is 2.02. The van der Waals surface area contributed by atoms with Gasteiger partial charge in [0.25, 0.3) is 5.91 Å². The normalized spacial score (nSPS) is 19.8. The lowest BCUT2D eigenvalue weighted by Gasteiger charge is -2.19. The molecule has 1 fully saturated rings. The van der Waals surface area contributed by atoms with Crippen molar-refractivity contribution in [3.05, 3.63) is 35.4 Å². The van der Waals surface area contributed by atoms with Crippen molar-refractivity contribution in [2.75, 3.05) is 13.1 Å². The van der Waals surface area contributed by atoms with E-state index in [1.165, 1.54) is 5.56 Å². The van der Waals surface area contributed by atoms with Gasteiger partial charge >= 0.3 is 0 Å². The van der Waals surface area contributed by atoms with Gasteiger partial charge in [0.15, 0.2) is 0 Å². The molecular weight excluding hydrogens is 224 g/mol. The number of nitrogens with one attached hydrogen (secondary N) is 2. The second-order valence-electron chi connectivity index (χ2n) is 5.99. The molecule has 1 aliphatic heterocycles. The second-order valence-corrected chi connectivity index (χ2v) is 5.99. The van der Waals surface area contributed by atoms with Gasteiger partial charge in [0, 0.05) is 18.2 Å². The largest absolute Gasteiger partial charge is 0.348 e. The van der Waals surface area contributed by atoms with Crippen LogP contribution in [0.3, 0.4) is 0 Å². The van der Waals surface area contributed by atoms with E-state index >= 15 is 0 Å². The van der Waals surface area contributed by atoms with Gasteiger partial charge < -0.3 is 10.6 Å². The zero-order valence-electron chi connectivity index (χ0n) is 11.4. The monoisotopic (exact) mass is 246 g/mol. The molecule has 0 aromatic heterocycles. The second kappa shape index (κ2) is 5.11. The topological polar surface area (TPSA) is 41.1 Å². The number of rotatable bonds is 2. The van der Waals surface area contributed by atoms with Crippen molar-refractivity contribution < 1.29 is 4.79 Å². The zero-order valence-corrected chi connectivity index (χ0v) is 11.4. The van der Waals surface area contributed by atoms with Crippen LogP contribution in [0, 0.1) is 0 Å². The molecule has 0 bridgehead atoms. The minimum Gasteiger partial charge on any atom is -0.348 e. The number of amides is 1. The van der Waals surface area contributed by atoms with Gasteiger partial charge in [-0.1, -0.05) is 32.9 Å². The Bertz CT molecular complexity index is 411. The highest BCUT2D eigenvalue weighted by atomic mass is 16.1. The Kier molecular flexibility index (Phi) is 3.71. The number of carbonyl (C=O) groups is 1. The van der Waals surface area contributed by atoms with E-state index in [1.54, 1.807) is 0 Å². The lowest BCUT2D eigenvalue weighted by Crippen LogP contribution is -2.36. The summed E-state index contributed by atoms with van der Waals surface area (Å²) in [6.45, 7) is 8.39. The van der Waals surface area contributed by atoms with Gasteiger partial charge in [-0.05, 0) is 36.1 Å². The molecule has 2 N–H and O–H groups in total. The molecule has 2 rings (SSSR count). The van der Waals surface area contributed by atoms with Crippen LogP contribution in [-0.2, 0) is 5.41 Å². The maximum atomic E-state index is 12.0. The van der Waals surface area contributed by atoms with Crippen LogP contribution in [-0.4, -0.2) is 25.0 Å². The standard InChI is InChI=1S/C15H22N2O/c1-15(2,3)12-6-4-11(5-7-12)14(18)17-13-8-9-16-10-13/h4-7,13,16H,8-10H2,1-3H3,(H,17,18)/t13-/m1/s1. The van der Waals surface area contributed by atoms with Crippen LogP contribution in [0.5, 0.6) is 0 Å². The molecule has 1 aliphatic rings. The van der Waals surface area contributed by atoms with Gasteiger partial charge in [-0.2, -0.15) is 0 Å². The molecule has 1 amide bonds. The summed E-state index contributed by atoms with van der Waals surface area (Å²) >= 11 is 0. The summed E-state index contributed by atoms with van der Waals surface area (Å²) in [6, 6.07) is 8.19. The lowest BCUT2D eigenvalue weighted by atomic mass is 9.86. The van der Waals surface area contributed by atoms with E-state index in [2.05, 4.69) is 31.4 Å². The van der Waals surface area contributed by atoms with Crippen molar-refractivity contribution in [3.63, 3.8) is 0 Å². The van der Waals surface area contributed by atoms with E-state index in [-0.39, 0.29) is 17.4 Å². The van der Waals surface area contributed by atoms with Gasteiger partial charge in [0.05, 0.1) is 0 Å². The molecule has 0 unspecified atom stereocenters. The average molecular weight is 246 g/mol. The third-order valence-corrected chi connectivity index (χ3v) is 3.41. The summed E-state index contributed by atoms with van der Waals surface area (Å²) in [6.07, 6.45) is 1.02. The van der Waals surface area contributed by atoms with Gasteiger partial charge in [-0.3, -0.25) is 4.79 Å². The van der Waals surface area contributed by atoms with Gasteiger partial charge in [0.1, 0.15) is 0 Å². The van der Waals surface area contributed by atoms with Crippen molar-refractivity contribution in [2.45, 2.75) is 38.6 Å². The molecule has 0 aliphatic carbocycles. The molecule has 0 saturated carbocycles. The Morgan fingerprint density at radius 2 is 1.94 bits per heavy atom. The van der Waals surface area contributed by atoms with Gasteiger partial charge in [0.2, 0.25) is 0 Å². The quantitative estimate of drug-likeness (QED) is 0.839. The molecule has 3 heteroatoms. The van der Waals surface area contributed by atoms with Gasteiger partial charge in [-0.15, -0.1) is 0 Å². The molecule has 1 heterocycles. The summed E-state index contributed by atoms with van der Waals surface area (Å²) in [5.41, 5.74) is 2.13. The number of benzene rings is 1. The third-order valence-electron chi connectivity index (χ3n) is 3.41. The van der Waals surface area contributed by atoms with Crippen LogP contribution >= 0.6 is 0 Å². The summed E-state index contributed by atoms with van der Waals surface area (Å²) in [7, 11) is 0. The molecule has 0 radical (unpaired) electrons. The first kappa shape index (κ1) is 13.1. The molecule has 0 spiro atoms. The Morgan fingerprint density at radius 1 is 1.28 bits per heavy atom. The Labute approximate surface area is 109 Å². The zero-order chi connectivity index (χ0) is 13.2. The van der Waals surface area contributed by atoms with E-state index in [1.807, 2.05) is 24.3 Å². The minimum absolute atomic E-state index is 0.0316. The number of hydrogen-bond acceptors (Lipinski definition) is 2. The van der Waals surface area contributed by atoms with Crippen LogP contribution in [0.1, 0.15) is 43.1 Å². The first-order chi connectivity index (χ1) is 8.47. The first-order valence-electron chi connectivity index (χ1n) is 6.59. The maximum Gasteiger partial charge on any atom is 0.251 e. The third kappa shape index (κ3) is 3.10. The van der Waals surface area contributed by atoms with Crippen molar-refractivity contribution in [1.29, 1.82) is 0 Å². The molecule has 3 nitrogen and oxygen atoms in total. The smallest absolute Gasteiger partial charge is 0.251 e. The van der Waals surface area contributed by atoms with Crippen LogP contribution in [0.15, 0.2) is 24.3 Å². The van der Waals surface area contributed by atoms with Gasteiger partial charge in [-0.25, -0.2) is 0 Å². The number of hydrogen-bond donors (Lipinski definition) is 2. The van der Waals surface area contributed by atoms with Crippen LogP contribution in [0.25, 0.3) is 0 Å². The molecule has 18 heavy (non-hydrogen) atoms. The predicted octanol–water partition coefficient (Wildman–Crippen LogP) is 2.08. The molecule has 1 aromatic carbocycles. The van der Waals surface area contributed by atoms with Crippen molar-refractivity contribution in [3.8, 4) is 0 Å². The minimum atomic E-state index is 0.0316. The summed E-state index contributed by atoms with van der Waals surface area (Å²) in [5, 5.41) is 6.30. The van der Waals surface area contributed by atoms with E-state index in [0.717, 1.165) is 25.1 Å². The fourth-order valence-electron chi connectivity index (χ4n) is 2.17. The van der Waals surface area contributed by atoms with Crippen LogP contribution < -0.4 is 10.6 Å². The van der Waals surface area contributed by atoms with E-state index in [9.17, 15) is 4.79 Å².